The zero-order valence-electron chi connectivity index (χ0n) is 16.5. The van der Waals surface area contributed by atoms with Gasteiger partial charge < -0.3 is 29.6 Å². The van der Waals surface area contributed by atoms with Crippen molar-refractivity contribution >= 4 is 28.2 Å². The molecule has 7 nitrogen and oxygen atoms in total. The molecule has 2 aromatic rings. The number of rotatable bonds is 7. The summed E-state index contributed by atoms with van der Waals surface area (Å²) in [5, 5.41) is 4.88. The molecule has 1 fully saturated rings. The number of nitrogens with zero attached hydrogens (tertiary/aromatic N) is 1. The Kier molecular flexibility index (Phi) is 7.24. The van der Waals surface area contributed by atoms with Gasteiger partial charge in [-0.3, -0.25) is 4.79 Å². The number of hydrogen-bond acceptors (Lipinski definition) is 4. The number of thiocarbonyl (C=S) groups is 1. The van der Waals surface area contributed by atoms with Gasteiger partial charge in [0.15, 0.2) is 5.11 Å². The van der Waals surface area contributed by atoms with Gasteiger partial charge in [-0.25, -0.2) is 0 Å². The van der Waals surface area contributed by atoms with Gasteiger partial charge in [-0.1, -0.05) is 0 Å². The Morgan fingerprint density at radius 1 is 1.36 bits per heavy atom. The lowest BCUT2D eigenvalue weighted by Gasteiger charge is -2.29. The van der Waals surface area contributed by atoms with Crippen molar-refractivity contribution in [1.29, 1.82) is 0 Å². The summed E-state index contributed by atoms with van der Waals surface area (Å²) >= 11 is 5.56. The van der Waals surface area contributed by atoms with E-state index in [1.807, 2.05) is 31.2 Å². The first-order chi connectivity index (χ1) is 13.6. The van der Waals surface area contributed by atoms with E-state index in [1.165, 1.54) is 4.90 Å². The summed E-state index contributed by atoms with van der Waals surface area (Å²) in [6.07, 6.45) is 0. The maximum atomic E-state index is 12.6. The maximum absolute atomic E-state index is 12.6. The number of aromatic nitrogens is 1. The van der Waals surface area contributed by atoms with Gasteiger partial charge in [-0.2, -0.15) is 0 Å². The Balaban J connectivity index is 1.77. The second kappa shape index (κ2) is 9.86. The van der Waals surface area contributed by atoms with E-state index in [9.17, 15) is 4.79 Å². The number of benzene rings is 1. The Morgan fingerprint density at radius 2 is 2.14 bits per heavy atom. The molecular weight excluding hydrogens is 376 g/mol. The first-order valence-electron chi connectivity index (χ1n) is 9.74. The van der Waals surface area contributed by atoms with Crippen LogP contribution >= 0.6 is 12.2 Å². The largest absolute Gasteiger partial charge is 0.497 e. The van der Waals surface area contributed by atoms with Crippen LogP contribution in [0.15, 0.2) is 29.1 Å². The van der Waals surface area contributed by atoms with Gasteiger partial charge in [0.05, 0.1) is 45.5 Å². The number of morpholine rings is 1. The van der Waals surface area contributed by atoms with Gasteiger partial charge in [0.2, 0.25) is 0 Å². The molecular formula is C20H29N4O3S+. The van der Waals surface area contributed by atoms with Crippen LogP contribution in [0.1, 0.15) is 12.5 Å². The van der Waals surface area contributed by atoms with Crippen molar-refractivity contribution in [1.82, 2.24) is 15.2 Å². The Morgan fingerprint density at radius 3 is 2.86 bits per heavy atom. The number of fused-ring (bicyclic) bond motifs is 1. The van der Waals surface area contributed by atoms with E-state index in [-0.39, 0.29) is 5.56 Å². The van der Waals surface area contributed by atoms with Gasteiger partial charge in [-0.15, -0.1) is 0 Å². The monoisotopic (exact) mass is 405 g/mol. The van der Waals surface area contributed by atoms with Crippen molar-refractivity contribution in [3.63, 3.8) is 0 Å². The Bertz CT molecular complexity index is 864. The third-order valence-corrected chi connectivity index (χ3v) is 5.44. The SMILES string of the molecule is CCNC(=S)N(CC[NH+]1CCOCC1)Cc1cc2ccc(OC)cc2[nH]c1=O. The van der Waals surface area contributed by atoms with E-state index < -0.39 is 0 Å². The molecule has 8 heteroatoms. The fourth-order valence-electron chi connectivity index (χ4n) is 3.39. The third kappa shape index (κ3) is 5.21. The van der Waals surface area contributed by atoms with E-state index in [1.54, 1.807) is 7.11 Å². The minimum atomic E-state index is -0.0937. The predicted octanol–water partition coefficient (Wildman–Crippen LogP) is 0.148. The molecule has 0 saturated carbocycles. The highest BCUT2D eigenvalue weighted by Gasteiger charge is 2.18. The van der Waals surface area contributed by atoms with Crippen LogP contribution < -0.4 is 20.5 Å². The molecule has 1 aliphatic rings. The number of pyridine rings is 1. The number of methoxy groups -OCH3 is 1. The lowest BCUT2D eigenvalue weighted by molar-refractivity contribution is -0.907. The van der Waals surface area contributed by atoms with Crippen LogP contribution in [0.25, 0.3) is 10.9 Å². The van der Waals surface area contributed by atoms with Crippen LogP contribution in [-0.2, 0) is 11.3 Å². The summed E-state index contributed by atoms with van der Waals surface area (Å²) in [4.78, 5) is 19.2. The molecule has 152 valence electrons. The number of H-pyrrole nitrogens is 1. The second-order valence-electron chi connectivity index (χ2n) is 6.95. The number of nitrogens with one attached hydrogen (secondary N) is 3. The molecule has 1 saturated heterocycles. The lowest BCUT2D eigenvalue weighted by atomic mass is 10.1. The summed E-state index contributed by atoms with van der Waals surface area (Å²) < 4.78 is 10.7. The van der Waals surface area contributed by atoms with Gasteiger partial charge >= 0.3 is 0 Å². The normalized spacial score (nSPS) is 14.8. The topological polar surface area (TPSA) is 71.0 Å². The van der Waals surface area contributed by atoms with E-state index in [0.29, 0.717) is 17.2 Å². The first-order valence-corrected chi connectivity index (χ1v) is 10.2. The van der Waals surface area contributed by atoms with Crippen molar-refractivity contribution in [2.75, 3.05) is 53.0 Å². The molecule has 3 N–H and O–H groups in total. The predicted molar refractivity (Wildman–Crippen MR) is 114 cm³/mol. The standard InChI is InChI=1S/C20H28N4O3S/c1-3-21-20(28)24(7-6-23-8-10-27-11-9-23)14-16-12-15-4-5-17(26-2)13-18(15)22-19(16)25/h4-5,12-13H,3,6-11,14H2,1-2H3,(H,21,28)(H,22,25)/p+1. The highest BCUT2D eigenvalue weighted by Crippen LogP contribution is 2.18. The van der Waals surface area contributed by atoms with Crippen LogP contribution in [0, 0.1) is 0 Å². The zero-order valence-corrected chi connectivity index (χ0v) is 17.4. The maximum Gasteiger partial charge on any atom is 0.253 e. The molecule has 0 bridgehead atoms. The van der Waals surface area contributed by atoms with Gasteiger partial charge in [0.1, 0.15) is 18.8 Å². The Hall–Kier alpha value is -2.16. The molecule has 0 atom stereocenters. The van der Waals surface area contributed by atoms with Gasteiger partial charge in [0.25, 0.3) is 5.56 Å². The number of ether oxygens (including phenoxy) is 2. The number of hydrogen-bond donors (Lipinski definition) is 3. The fraction of sp³-hybridized carbons (Fsp3) is 0.500. The highest BCUT2D eigenvalue weighted by molar-refractivity contribution is 7.80. The molecule has 28 heavy (non-hydrogen) atoms. The van der Waals surface area contributed by atoms with Gasteiger partial charge in [-0.05, 0) is 42.7 Å². The molecule has 0 amide bonds. The smallest absolute Gasteiger partial charge is 0.253 e. The minimum absolute atomic E-state index is 0.0937. The molecule has 1 aliphatic heterocycles. The van der Waals surface area contributed by atoms with Crippen molar-refractivity contribution < 1.29 is 14.4 Å². The molecule has 0 spiro atoms. The van der Waals surface area contributed by atoms with Gasteiger partial charge in [0, 0.05) is 18.2 Å². The summed E-state index contributed by atoms with van der Waals surface area (Å²) in [7, 11) is 1.61. The van der Waals surface area contributed by atoms with E-state index in [0.717, 1.165) is 62.6 Å². The summed E-state index contributed by atoms with van der Waals surface area (Å²) in [5.74, 6) is 0.722. The van der Waals surface area contributed by atoms with Crippen LogP contribution in [0.4, 0.5) is 0 Å². The van der Waals surface area contributed by atoms with E-state index in [2.05, 4.69) is 15.2 Å². The van der Waals surface area contributed by atoms with Crippen molar-refractivity contribution in [2.24, 2.45) is 0 Å². The third-order valence-electron chi connectivity index (χ3n) is 5.04. The average molecular weight is 406 g/mol. The molecule has 1 aromatic heterocycles. The summed E-state index contributed by atoms with van der Waals surface area (Å²) in [5.41, 5.74) is 1.38. The second-order valence-corrected chi connectivity index (χ2v) is 7.33. The Labute approximate surface area is 170 Å². The molecule has 0 unspecified atom stereocenters. The van der Waals surface area contributed by atoms with E-state index >= 15 is 0 Å². The van der Waals surface area contributed by atoms with Crippen LogP contribution in [0.3, 0.4) is 0 Å². The molecule has 2 heterocycles. The summed E-state index contributed by atoms with van der Waals surface area (Å²) in [6, 6.07) is 7.63. The summed E-state index contributed by atoms with van der Waals surface area (Å²) in [6.45, 7) is 8.66. The minimum Gasteiger partial charge on any atom is -0.497 e. The average Bonchev–Trinajstić information content (AvgIpc) is 2.71. The lowest BCUT2D eigenvalue weighted by Crippen LogP contribution is -3.14. The highest BCUT2D eigenvalue weighted by atomic mass is 32.1. The number of aromatic amines is 1. The quantitative estimate of drug-likeness (QED) is 0.570. The van der Waals surface area contributed by atoms with Crippen LogP contribution in [0.2, 0.25) is 0 Å². The first kappa shape index (κ1) is 20.6. The van der Waals surface area contributed by atoms with Crippen molar-refractivity contribution in [2.45, 2.75) is 13.5 Å². The molecule has 0 aliphatic carbocycles. The van der Waals surface area contributed by atoms with Crippen LogP contribution in [-0.4, -0.2) is 68.0 Å². The molecule has 1 aromatic carbocycles. The fourth-order valence-corrected chi connectivity index (χ4v) is 3.69. The van der Waals surface area contributed by atoms with Crippen LogP contribution in [0.5, 0.6) is 5.75 Å². The van der Waals surface area contributed by atoms with Crippen molar-refractivity contribution in [3.8, 4) is 5.75 Å². The number of quaternary nitrogens is 1. The van der Waals surface area contributed by atoms with Crippen molar-refractivity contribution in [3.05, 3.63) is 40.2 Å². The molecule has 3 rings (SSSR count). The molecule has 0 radical (unpaired) electrons. The van der Waals surface area contributed by atoms with E-state index in [4.69, 9.17) is 21.7 Å². The zero-order chi connectivity index (χ0) is 19.9.